The third kappa shape index (κ3) is 4.95. The lowest BCUT2D eigenvalue weighted by atomic mass is 10.0. The lowest BCUT2D eigenvalue weighted by molar-refractivity contribution is -0.108. The Kier molecular flexibility index (Phi) is 6.82. The van der Waals surface area contributed by atoms with Crippen molar-refractivity contribution in [1.82, 2.24) is 0 Å². The normalized spacial score (nSPS) is 15.9. The predicted octanol–water partition coefficient (Wildman–Crippen LogP) is 3.26. The van der Waals surface area contributed by atoms with Crippen molar-refractivity contribution in [3.8, 4) is 11.5 Å². The highest BCUT2D eigenvalue weighted by Gasteiger charge is 2.25. The number of methoxy groups -OCH3 is 2. The monoisotopic (exact) mass is 346 g/mol. The molecule has 0 aliphatic rings. The van der Waals surface area contributed by atoms with E-state index in [1.807, 2.05) is 24.3 Å². The molecule has 5 heteroatoms. The number of benzene rings is 2. The van der Waals surface area contributed by atoms with Gasteiger partial charge in [0.15, 0.2) is 0 Å². The Labute approximate surface area is 148 Å². The van der Waals surface area contributed by atoms with Gasteiger partial charge >= 0.3 is 0 Å². The van der Waals surface area contributed by atoms with Gasteiger partial charge in [0.1, 0.15) is 23.7 Å². The van der Waals surface area contributed by atoms with Crippen molar-refractivity contribution in [2.75, 3.05) is 14.2 Å². The summed E-state index contributed by atoms with van der Waals surface area (Å²) in [6.07, 6.45) is -2.59. The van der Waals surface area contributed by atoms with E-state index in [1.54, 1.807) is 52.3 Å². The number of rotatable bonds is 8. The number of hydrogen-bond acceptors (Lipinski definition) is 5. The van der Waals surface area contributed by atoms with Gasteiger partial charge in [-0.25, -0.2) is 0 Å². The molecule has 0 spiro atoms. The van der Waals surface area contributed by atoms with Gasteiger partial charge in [-0.3, -0.25) is 0 Å². The zero-order valence-corrected chi connectivity index (χ0v) is 15.0. The highest BCUT2D eigenvalue weighted by Crippen LogP contribution is 2.29. The SMILES string of the molecule is COc1ccc([C@@H](O)[C@H](C)O[C@H](c2ccc(OC)cc2)[C@@H](C)O)cc1. The van der Waals surface area contributed by atoms with Gasteiger partial charge in [0.25, 0.3) is 0 Å². The van der Waals surface area contributed by atoms with Crippen LogP contribution in [0.2, 0.25) is 0 Å². The Morgan fingerprint density at radius 2 is 1.16 bits per heavy atom. The zero-order chi connectivity index (χ0) is 18.4. The summed E-state index contributed by atoms with van der Waals surface area (Å²) >= 11 is 0. The molecule has 136 valence electrons. The minimum atomic E-state index is -0.814. The quantitative estimate of drug-likeness (QED) is 0.768. The highest BCUT2D eigenvalue weighted by atomic mass is 16.5. The third-order valence-corrected chi connectivity index (χ3v) is 4.15. The van der Waals surface area contributed by atoms with Crippen LogP contribution in [0.25, 0.3) is 0 Å². The van der Waals surface area contributed by atoms with E-state index in [-0.39, 0.29) is 0 Å². The summed E-state index contributed by atoms with van der Waals surface area (Å²) in [5, 5.41) is 20.7. The lowest BCUT2D eigenvalue weighted by Gasteiger charge is -2.28. The number of aliphatic hydroxyl groups is 2. The van der Waals surface area contributed by atoms with E-state index in [2.05, 4.69) is 0 Å². The fourth-order valence-corrected chi connectivity index (χ4v) is 2.64. The standard InChI is InChI=1S/C20H26O5/c1-13(21)20(16-7-11-18(24-4)12-8-16)25-14(2)19(22)15-5-9-17(23-3)10-6-15/h5-14,19-22H,1-4H3/t13-,14+,19+,20+/m1/s1. The molecule has 4 atom stereocenters. The average Bonchev–Trinajstić information content (AvgIpc) is 2.65. The molecule has 0 bridgehead atoms. The van der Waals surface area contributed by atoms with Crippen molar-refractivity contribution < 1.29 is 24.4 Å². The second-order valence-corrected chi connectivity index (χ2v) is 5.99. The maximum Gasteiger partial charge on any atom is 0.118 e. The van der Waals surface area contributed by atoms with Crippen LogP contribution in [0.1, 0.15) is 37.2 Å². The highest BCUT2D eigenvalue weighted by molar-refractivity contribution is 5.30. The minimum Gasteiger partial charge on any atom is -0.497 e. The predicted molar refractivity (Wildman–Crippen MR) is 95.9 cm³/mol. The van der Waals surface area contributed by atoms with Gasteiger partial charge < -0.3 is 24.4 Å². The summed E-state index contributed by atoms with van der Waals surface area (Å²) in [5.41, 5.74) is 1.55. The lowest BCUT2D eigenvalue weighted by Crippen LogP contribution is -2.27. The van der Waals surface area contributed by atoms with Gasteiger partial charge in [-0.05, 0) is 49.2 Å². The van der Waals surface area contributed by atoms with E-state index in [4.69, 9.17) is 14.2 Å². The van der Waals surface area contributed by atoms with Crippen LogP contribution in [-0.2, 0) is 4.74 Å². The molecule has 0 aromatic heterocycles. The fourth-order valence-electron chi connectivity index (χ4n) is 2.64. The Morgan fingerprint density at radius 3 is 1.56 bits per heavy atom. The molecule has 0 radical (unpaired) electrons. The molecule has 0 saturated heterocycles. The molecule has 0 amide bonds. The molecule has 25 heavy (non-hydrogen) atoms. The molecule has 2 aromatic rings. The van der Waals surface area contributed by atoms with Gasteiger partial charge in [-0.2, -0.15) is 0 Å². The van der Waals surface area contributed by atoms with Gasteiger partial charge in [0.2, 0.25) is 0 Å². The van der Waals surface area contributed by atoms with Crippen LogP contribution >= 0.6 is 0 Å². The molecule has 0 heterocycles. The van der Waals surface area contributed by atoms with Gasteiger partial charge in [-0.1, -0.05) is 24.3 Å². The Balaban J connectivity index is 2.11. The van der Waals surface area contributed by atoms with Crippen LogP contribution in [-0.4, -0.2) is 36.6 Å². The first kappa shape index (κ1) is 19.2. The van der Waals surface area contributed by atoms with Crippen molar-refractivity contribution in [3.63, 3.8) is 0 Å². The second kappa shape index (κ2) is 8.85. The molecule has 2 aromatic carbocycles. The smallest absolute Gasteiger partial charge is 0.118 e. The maximum atomic E-state index is 10.5. The topological polar surface area (TPSA) is 68.2 Å². The van der Waals surface area contributed by atoms with Crippen LogP contribution < -0.4 is 9.47 Å². The number of aliphatic hydroxyl groups excluding tert-OH is 2. The fraction of sp³-hybridized carbons (Fsp3) is 0.400. The Bertz CT molecular complexity index is 636. The van der Waals surface area contributed by atoms with Crippen molar-refractivity contribution in [3.05, 3.63) is 59.7 Å². The van der Waals surface area contributed by atoms with Crippen LogP contribution in [0, 0.1) is 0 Å². The average molecular weight is 346 g/mol. The van der Waals surface area contributed by atoms with Crippen molar-refractivity contribution in [2.24, 2.45) is 0 Å². The summed E-state index contributed by atoms with van der Waals surface area (Å²) in [5.74, 6) is 1.46. The molecule has 2 rings (SSSR count). The van der Waals surface area contributed by atoms with E-state index in [9.17, 15) is 10.2 Å². The number of hydrogen-bond donors (Lipinski definition) is 2. The number of ether oxygens (including phenoxy) is 3. The zero-order valence-electron chi connectivity index (χ0n) is 15.0. The summed E-state index contributed by atoms with van der Waals surface area (Å²) in [4.78, 5) is 0. The summed E-state index contributed by atoms with van der Waals surface area (Å²) in [7, 11) is 3.20. The molecular weight excluding hydrogens is 320 g/mol. The van der Waals surface area contributed by atoms with E-state index in [0.29, 0.717) is 0 Å². The van der Waals surface area contributed by atoms with Crippen LogP contribution in [0.4, 0.5) is 0 Å². The largest absolute Gasteiger partial charge is 0.497 e. The van der Waals surface area contributed by atoms with Gasteiger partial charge in [0.05, 0.1) is 26.4 Å². The molecule has 0 aliphatic heterocycles. The molecule has 0 unspecified atom stereocenters. The molecule has 5 nitrogen and oxygen atoms in total. The maximum absolute atomic E-state index is 10.5. The molecule has 0 saturated carbocycles. The first-order valence-electron chi connectivity index (χ1n) is 8.25. The molecular formula is C20H26O5. The Morgan fingerprint density at radius 1 is 0.720 bits per heavy atom. The van der Waals surface area contributed by atoms with E-state index in [0.717, 1.165) is 22.6 Å². The first-order valence-corrected chi connectivity index (χ1v) is 8.25. The summed E-state index contributed by atoms with van der Waals surface area (Å²) in [6.45, 7) is 3.45. The second-order valence-electron chi connectivity index (χ2n) is 5.99. The minimum absolute atomic E-state index is 0.505. The van der Waals surface area contributed by atoms with E-state index < -0.39 is 24.4 Å². The van der Waals surface area contributed by atoms with E-state index in [1.165, 1.54) is 0 Å². The summed E-state index contributed by atoms with van der Waals surface area (Å²) < 4.78 is 16.2. The van der Waals surface area contributed by atoms with E-state index >= 15 is 0 Å². The third-order valence-electron chi connectivity index (χ3n) is 4.15. The van der Waals surface area contributed by atoms with Gasteiger partial charge in [0, 0.05) is 0 Å². The van der Waals surface area contributed by atoms with Crippen LogP contribution in [0.15, 0.2) is 48.5 Å². The molecule has 0 aliphatic carbocycles. The van der Waals surface area contributed by atoms with Crippen LogP contribution in [0.5, 0.6) is 11.5 Å². The molecule has 2 N–H and O–H groups in total. The van der Waals surface area contributed by atoms with Crippen molar-refractivity contribution in [2.45, 2.75) is 38.3 Å². The summed E-state index contributed by atoms with van der Waals surface area (Å²) in [6, 6.07) is 14.5. The van der Waals surface area contributed by atoms with Gasteiger partial charge in [-0.15, -0.1) is 0 Å². The molecule has 0 fully saturated rings. The van der Waals surface area contributed by atoms with Crippen LogP contribution in [0.3, 0.4) is 0 Å². The Hall–Kier alpha value is -2.08. The first-order chi connectivity index (χ1) is 12.0. The van der Waals surface area contributed by atoms with Crippen molar-refractivity contribution in [1.29, 1.82) is 0 Å². The van der Waals surface area contributed by atoms with Crippen molar-refractivity contribution >= 4 is 0 Å².